The second-order valence-corrected chi connectivity index (χ2v) is 12.4. The van der Waals surface area contributed by atoms with Crippen LogP contribution in [0, 0.1) is 11.6 Å². The molecule has 4 amide bonds. The number of carbonyl (C=O) groups is 4. The first kappa shape index (κ1) is 35.8. The molecular weight excluding hydrogens is 628 g/mol. The normalized spacial score (nSPS) is 13.9. The van der Waals surface area contributed by atoms with Crippen LogP contribution < -0.4 is 5.32 Å². The molecule has 1 fully saturated rings. The van der Waals surface area contributed by atoms with Crippen molar-refractivity contribution in [2.24, 2.45) is 0 Å². The van der Waals surface area contributed by atoms with Crippen LogP contribution in [0.2, 0.25) is 0 Å². The Morgan fingerprint density at radius 1 is 0.979 bits per heavy atom. The zero-order valence-corrected chi connectivity index (χ0v) is 27.5. The zero-order valence-electron chi connectivity index (χ0n) is 27.5. The molecule has 2 aromatic carbocycles. The van der Waals surface area contributed by atoms with Gasteiger partial charge in [-0.15, -0.1) is 0 Å². The van der Waals surface area contributed by atoms with Gasteiger partial charge >= 0.3 is 12.2 Å². The third-order valence-electron chi connectivity index (χ3n) is 7.76. The number of benzene rings is 2. The van der Waals surface area contributed by atoms with Crippen LogP contribution in [0.25, 0.3) is 11.3 Å². The predicted octanol–water partition coefficient (Wildman–Crippen LogP) is 5.49. The summed E-state index contributed by atoms with van der Waals surface area (Å²) in [5.41, 5.74) is 0.195. The molecular formula is C34H41F2N5O7. The summed E-state index contributed by atoms with van der Waals surface area (Å²) in [6.45, 7) is 6.36. The van der Waals surface area contributed by atoms with Gasteiger partial charge in [0, 0.05) is 57.7 Å². The van der Waals surface area contributed by atoms with E-state index < -0.39 is 41.4 Å². The minimum absolute atomic E-state index is 0.0297. The predicted molar refractivity (Wildman–Crippen MR) is 172 cm³/mol. The van der Waals surface area contributed by atoms with Crippen molar-refractivity contribution < 1.29 is 42.0 Å². The summed E-state index contributed by atoms with van der Waals surface area (Å²) in [5, 5.41) is 6.34. The Kier molecular flexibility index (Phi) is 12.1. The first-order chi connectivity index (χ1) is 22.8. The molecule has 0 unspecified atom stereocenters. The number of likely N-dealkylation sites (N-methyl/N-ethyl adjacent to an activating group) is 1. The molecule has 0 aliphatic carbocycles. The van der Waals surface area contributed by atoms with Crippen molar-refractivity contribution in [2.45, 2.75) is 58.1 Å². The maximum absolute atomic E-state index is 14.2. The van der Waals surface area contributed by atoms with Crippen molar-refractivity contribution in [2.75, 3.05) is 45.2 Å². The molecule has 1 atom stereocenters. The van der Waals surface area contributed by atoms with Crippen LogP contribution >= 0.6 is 0 Å². The number of rotatable bonds is 11. The number of aromatic nitrogens is 1. The highest BCUT2D eigenvalue weighted by Crippen LogP contribution is 2.22. The van der Waals surface area contributed by atoms with Crippen LogP contribution in [0.15, 0.2) is 59.1 Å². The van der Waals surface area contributed by atoms with Gasteiger partial charge in [-0.25, -0.2) is 18.4 Å². The fourth-order valence-corrected chi connectivity index (χ4v) is 5.05. The Bertz CT molecular complexity index is 1570. The first-order valence-corrected chi connectivity index (χ1v) is 15.7. The third-order valence-corrected chi connectivity index (χ3v) is 7.76. The Morgan fingerprint density at radius 3 is 2.35 bits per heavy atom. The van der Waals surface area contributed by atoms with E-state index in [-0.39, 0.29) is 49.6 Å². The van der Waals surface area contributed by atoms with E-state index in [2.05, 4.69) is 10.5 Å². The minimum Gasteiger partial charge on any atom is -0.447 e. The number of amides is 4. The number of aryl methyl sites for hydroxylation is 1. The summed E-state index contributed by atoms with van der Waals surface area (Å²) in [6, 6.07) is 13.8. The van der Waals surface area contributed by atoms with E-state index in [1.165, 1.54) is 30.1 Å². The summed E-state index contributed by atoms with van der Waals surface area (Å²) in [5.74, 6) is -2.04. The number of carbonyl (C=O) groups excluding carboxylic acids is 4. The van der Waals surface area contributed by atoms with E-state index >= 15 is 0 Å². The molecule has 2 heterocycles. The number of ether oxygens (including phenoxy) is 2. The molecule has 1 saturated heterocycles. The smallest absolute Gasteiger partial charge is 0.412 e. The van der Waals surface area contributed by atoms with Crippen molar-refractivity contribution in [1.29, 1.82) is 0 Å². The quantitative estimate of drug-likeness (QED) is 0.284. The Hall–Kier alpha value is -5.01. The van der Waals surface area contributed by atoms with Gasteiger partial charge in [-0.05, 0) is 45.2 Å². The van der Waals surface area contributed by atoms with Crippen molar-refractivity contribution >= 4 is 29.8 Å². The molecule has 12 nitrogen and oxygen atoms in total. The van der Waals surface area contributed by atoms with Crippen LogP contribution in [0.3, 0.4) is 0 Å². The monoisotopic (exact) mass is 669 g/mol. The highest BCUT2D eigenvalue weighted by molar-refractivity contribution is 5.84. The minimum atomic E-state index is -1.01. The lowest BCUT2D eigenvalue weighted by molar-refractivity contribution is -0.136. The van der Waals surface area contributed by atoms with Crippen molar-refractivity contribution in [3.05, 3.63) is 71.8 Å². The standard InChI is InChI=1S/C34H41F2N5O7/c1-34(2,3)47-33(45)41-19-17-40(18-20-41)30(43)16-14-25(39(4)29(42)15-13-24-11-8-12-26(35)31(24)36)22-46-32(44)37-28-21-27(48-38-28)23-9-6-5-7-10-23/h5-12,21,25H,13-20,22H2,1-4H3,(H,37,38,44)/t25-/m0/s1. The van der Waals surface area contributed by atoms with Gasteiger partial charge in [0.05, 0.1) is 6.04 Å². The molecule has 14 heteroatoms. The van der Waals surface area contributed by atoms with Crippen LogP contribution in [0.5, 0.6) is 0 Å². The largest absolute Gasteiger partial charge is 0.447 e. The van der Waals surface area contributed by atoms with Crippen molar-refractivity contribution in [3.8, 4) is 11.3 Å². The molecule has 1 aromatic heterocycles. The van der Waals surface area contributed by atoms with Gasteiger partial charge in [0.15, 0.2) is 23.2 Å². The lowest BCUT2D eigenvalue weighted by Gasteiger charge is -2.36. The highest BCUT2D eigenvalue weighted by atomic mass is 19.2. The fourth-order valence-electron chi connectivity index (χ4n) is 5.05. The Morgan fingerprint density at radius 2 is 1.67 bits per heavy atom. The molecule has 0 radical (unpaired) electrons. The van der Waals surface area contributed by atoms with E-state index in [0.717, 1.165) is 11.6 Å². The number of hydrogen-bond donors (Lipinski definition) is 1. The summed E-state index contributed by atoms with van der Waals surface area (Å²) < 4.78 is 44.0. The number of nitrogens with one attached hydrogen (secondary N) is 1. The van der Waals surface area contributed by atoms with Gasteiger partial charge in [0.2, 0.25) is 11.8 Å². The molecule has 1 aliphatic heterocycles. The van der Waals surface area contributed by atoms with E-state index in [0.29, 0.717) is 31.9 Å². The molecule has 1 N–H and O–H groups in total. The lowest BCUT2D eigenvalue weighted by atomic mass is 10.1. The van der Waals surface area contributed by atoms with Gasteiger partial charge in [0.1, 0.15) is 12.2 Å². The van der Waals surface area contributed by atoms with Crippen LogP contribution in [0.4, 0.5) is 24.2 Å². The molecule has 48 heavy (non-hydrogen) atoms. The lowest BCUT2D eigenvalue weighted by Crippen LogP contribution is -2.51. The van der Waals surface area contributed by atoms with Gasteiger partial charge in [-0.2, -0.15) is 0 Å². The van der Waals surface area contributed by atoms with E-state index in [4.69, 9.17) is 14.0 Å². The second kappa shape index (κ2) is 16.2. The summed E-state index contributed by atoms with van der Waals surface area (Å²) in [4.78, 5) is 55.9. The molecule has 3 aromatic rings. The molecule has 4 rings (SSSR count). The van der Waals surface area contributed by atoms with E-state index in [1.807, 2.05) is 30.3 Å². The van der Waals surface area contributed by atoms with Gasteiger partial charge in [-0.3, -0.25) is 14.9 Å². The summed E-state index contributed by atoms with van der Waals surface area (Å²) in [6.07, 6.45) is -1.29. The van der Waals surface area contributed by atoms with Crippen molar-refractivity contribution in [1.82, 2.24) is 19.9 Å². The molecule has 0 saturated carbocycles. The topological polar surface area (TPSA) is 135 Å². The summed E-state index contributed by atoms with van der Waals surface area (Å²) >= 11 is 0. The third kappa shape index (κ3) is 10.2. The van der Waals surface area contributed by atoms with Crippen LogP contribution in [-0.2, 0) is 25.5 Å². The first-order valence-electron chi connectivity index (χ1n) is 15.7. The zero-order chi connectivity index (χ0) is 34.8. The van der Waals surface area contributed by atoms with Crippen LogP contribution in [0.1, 0.15) is 45.6 Å². The average Bonchev–Trinajstić information content (AvgIpc) is 3.53. The molecule has 0 spiro atoms. The van der Waals surface area contributed by atoms with Crippen LogP contribution in [-0.4, -0.2) is 95.3 Å². The number of halogens is 2. The average molecular weight is 670 g/mol. The summed E-state index contributed by atoms with van der Waals surface area (Å²) in [7, 11) is 1.50. The van der Waals surface area contributed by atoms with E-state index in [9.17, 15) is 28.0 Å². The number of anilines is 1. The number of nitrogens with zero attached hydrogens (tertiary/aromatic N) is 4. The fraction of sp³-hybridized carbons (Fsp3) is 0.441. The molecule has 258 valence electrons. The van der Waals surface area contributed by atoms with Crippen molar-refractivity contribution in [3.63, 3.8) is 0 Å². The Balaban J connectivity index is 1.35. The maximum Gasteiger partial charge on any atom is 0.412 e. The number of hydrogen-bond acceptors (Lipinski definition) is 8. The van der Waals surface area contributed by atoms with Gasteiger partial charge in [0.25, 0.3) is 0 Å². The molecule has 1 aliphatic rings. The van der Waals surface area contributed by atoms with E-state index in [1.54, 1.807) is 30.6 Å². The van der Waals surface area contributed by atoms with Gasteiger partial charge in [-0.1, -0.05) is 47.6 Å². The maximum atomic E-state index is 14.2. The Labute approximate surface area is 277 Å². The highest BCUT2D eigenvalue weighted by Gasteiger charge is 2.29. The molecule has 0 bridgehead atoms. The van der Waals surface area contributed by atoms with Gasteiger partial charge < -0.3 is 28.7 Å². The SMILES string of the molecule is CN(C(=O)CCc1cccc(F)c1F)[C@@H](CCC(=O)N1CCN(C(=O)OC(C)(C)C)CC1)COC(=O)Nc1cc(-c2ccccc2)on1. The second-order valence-electron chi connectivity index (χ2n) is 12.4. The number of piperazine rings is 1.